The van der Waals surface area contributed by atoms with Crippen LogP contribution in [0.5, 0.6) is 5.75 Å². The van der Waals surface area contributed by atoms with Crippen molar-refractivity contribution in [3.63, 3.8) is 0 Å². The third-order valence-electron chi connectivity index (χ3n) is 4.77. The van der Waals surface area contributed by atoms with E-state index in [4.69, 9.17) is 10.5 Å². The number of carbonyl (C=O) groups is 1. The molecule has 0 unspecified atom stereocenters. The molecule has 2 heterocycles. The number of nitrogen functional groups attached to an aromatic ring is 1. The van der Waals surface area contributed by atoms with E-state index >= 15 is 0 Å². The number of nitrogens with one attached hydrogen (secondary N) is 3. The topological polar surface area (TPSA) is 115 Å². The Morgan fingerprint density at radius 1 is 1.29 bits per heavy atom. The summed E-state index contributed by atoms with van der Waals surface area (Å²) >= 11 is 1.48. The van der Waals surface area contributed by atoms with Gasteiger partial charge in [0.25, 0.3) is 11.5 Å². The van der Waals surface area contributed by atoms with Crippen LogP contribution >= 0.6 is 11.8 Å². The van der Waals surface area contributed by atoms with Crippen LogP contribution in [0.15, 0.2) is 34.2 Å². The van der Waals surface area contributed by atoms with E-state index in [0.717, 1.165) is 12.3 Å². The second-order valence-corrected chi connectivity index (χ2v) is 7.81. The summed E-state index contributed by atoms with van der Waals surface area (Å²) in [6, 6.07) is 6.56. The van der Waals surface area contributed by atoms with Crippen LogP contribution in [-0.2, 0) is 0 Å². The van der Waals surface area contributed by atoms with E-state index in [1.165, 1.54) is 44.1 Å². The molecule has 2 aromatic rings. The van der Waals surface area contributed by atoms with Gasteiger partial charge in [-0.05, 0) is 43.5 Å². The van der Waals surface area contributed by atoms with Crippen molar-refractivity contribution in [1.29, 1.82) is 0 Å². The first-order valence-electron chi connectivity index (χ1n) is 9.38. The lowest BCUT2D eigenvalue weighted by Crippen LogP contribution is -3.13. The summed E-state index contributed by atoms with van der Waals surface area (Å²) in [5, 5.41) is 3.02. The van der Waals surface area contributed by atoms with Gasteiger partial charge in [-0.3, -0.25) is 14.6 Å². The lowest BCUT2D eigenvalue weighted by molar-refractivity contribution is -0.902. The minimum Gasteiger partial charge on any atom is -0.497 e. The minimum atomic E-state index is -0.456. The fourth-order valence-corrected chi connectivity index (χ4v) is 4.09. The van der Waals surface area contributed by atoms with E-state index in [0.29, 0.717) is 16.5 Å². The molecule has 0 saturated carbocycles. The van der Waals surface area contributed by atoms with Gasteiger partial charge in [-0.25, -0.2) is 4.98 Å². The molecule has 9 heteroatoms. The van der Waals surface area contributed by atoms with Crippen LogP contribution in [0, 0.1) is 0 Å². The first-order valence-corrected chi connectivity index (χ1v) is 10.4. The van der Waals surface area contributed by atoms with Crippen molar-refractivity contribution in [1.82, 2.24) is 9.97 Å². The zero-order valence-corrected chi connectivity index (χ0v) is 16.7. The Labute approximate surface area is 167 Å². The van der Waals surface area contributed by atoms with E-state index in [-0.39, 0.29) is 11.5 Å². The van der Waals surface area contributed by atoms with Crippen molar-refractivity contribution in [2.75, 3.05) is 43.5 Å². The molecule has 8 nitrogen and oxygen atoms in total. The lowest BCUT2D eigenvalue weighted by atomic mass is 10.1. The molecule has 0 spiro atoms. The summed E-state index contributed by atoms with van der Waals surface area (Å²) < 4.78 is 5.07. The number of carbonyl (C=O) groups excluding carboxylic acids is 1. The normalized spacial score (nSPS) is 14.6. The van der Waals surface area contributed by atoms with Gasteiger partial charge in [0.2, 0.25) is 0 Å². The van der Waals surface area contributed by atoms with Crippen LogP contribution in [0.3, 0.4) is 0 Å². The maximum atomic E-state index is 12.4. The molecule has 1 saturated heterocycles. The van der Waals surface area contributed by atoms with Gasteiger partial charge in [0, 0.05) is 5.56 Å². The highest BCUT2D eigenvalue weighted by molar-refractivity contribution is 7.99. The van der Waals surface area contributed by atoms with Crippen LogP contribution in [0.4, 0.5) is 11.5 Å². The number of likely N-dealkylation sites (tertiary alicyclic amines) is 1. The third-order valence-corrected chi connectivity index (χ3v) is 5.65. The number of amides is 1. The van der Waals surface area contributed by atoms with Gasteiger partial charge in [-0.15, -0.1) is 0 Å². The number of aromatic nitrogens is 2. The Hall–Kier alpha value is -2.52. The van der Waals surface area contributed by atoms with Crippen LogP contribution in [0.2, 0.25) is 0 Å². The number of ether oxygens (including phenoxy) is 1. The van der Waals surface area contributed by atoms with Crippen LogP contribution < -0.4 is 26.2 Å². The number of hydrogen-bond acceptors (Lipinski definition) is 6. The Bertz CT molecular complexity index is 863. The number of methoxy groups -OCH3 is 1. The number of anilines is 2. The zero-order chi connectivity index (χ0) is 19.9. The monoisotopic (exact) mass is 404 g/mol. The number of quaternary nitrogens is 1. The van der Waals surface area contributed by atoms with Crippen molar-refractivity contribution >= 4 is 29.2 Å². The molecular formula is C19H26N5O3S+. The standard InChI is InChI=1S/C19H25N5O3S/c1-27-14-7-5-13(6-8-14)17(25)21-15-16(20)22-19(23-18(15)26)28-12-11-24-9-3-2-4-10-24/h5-8H,2-4,9-12H2,1H3,(H,21,25)(H3,20,22,23,26)/p+1. The molecule has 1 fully saturated rings. The van der Waals surface area contributed by atoms with Gasteiger partial charge in [-0.2, -0.15) is 0 Å². The van der Waals surface area contributed by atoms with E-state index < -0.39 is 11.5 Å². The van der Waals surface area contributed by atoms with Gasteiger partial charge in [-0.1, -0.05) is 11.8 Å². The second-order valence-electron chi connectivity index (χ2n) is 6.72. The number of nitrogens with two attached hydrogens (primary N) is 1. The number of H-pyrrole nitrogens is 1. The highest BCUT2D eigenvalue weighted by atomic mass is 32.2. The number of piperidine rings is 1. The lowest BCUT2D eigenvalue weighted by Gasteiger charge is -2.23. The summed E-state index contributed by atoms with van der Waals surface area (Å²) in [7, 11) is 1.55. The molecule has 0 aliphatic carbocycles. The van der Waals surface area contributed by atoms with Gasteiger partial charge in [0.15, 0.2) is 11.0 Å². The fraction of sp³-hybridized carbons (Fsp3) is 0.421. The molecule has 1 aliphatic heterocycles. The van der Waals surface area contributed by atoms with Crippen molar-refractivity contribution < 1.29 is 14.4 Å². The van der Waals surface area contributed by atoms with E-state index in [9.17, 15) is 9.59 Å². The molecule has 1 aromatic carbocycles. The number of nitrogens with zero attached hydrogens (tertiary/aromatic N) is 1. The van der Waals surface area contributed by atoms with E-state index in [1.54, 1.807) is 36.3 Å². The Balaban J connectivity index is 1.60. The first kappa shape index (κ1) is 20.2. The third kappa shape index (κ3) is 5.26. The summed E-state index contributed by atoms with van der Waals surface area (Å²) in [6.07, 6.45) is 3.89. The molecule has 1 aliphatic rings. The molecule has 0 radical (unpaired) electrons. The predicted molar refractivity (Wildman–Crippen MR) is 110 cm³/mol. The summed E-state index contributed by atoms with van der Waals surface area (Å²) in [6.45, 7) is 3.45. The summed E-state index contributed by atoms with van der Waals surface area (Å²) in [5.74, 6) is 1.08. The second kappa shape index (κ2) is 9.61. The van der Waals surface area contributed by atoms with Gasteiger partial charge >= 0.3 is 0 Å². The van der Waals surface area contributed by atoms with Crippen molar-refractivity contribution in [2.24, 2.45) is 0 Å². The zero-order valence-electron chi connectivity index (χ0n) is 15.9. The van der Waals surface area contributed by atoms with Gasteiger partial charge < -0.3 is 20.7 Å². The Morgan fingerprint density at radius 3 is 2.64 bits per heavy atom. The predicted octanol–water partition coefficient (Wildman–Crippen LogP) is 0.774. The number of rotatable bonds is 7. The molecule has 1 aromatic heterocycles. The Kier molecular flexibility index (Phi) is 6.94. The van der Waals surface area contributed by atoms with Crippen LogP contribution in [0.1, 0.15) is 29.6 Å². The number of hydrogen-bond donors (Lipinski definition) is 4. The summed E-state index contributed by atoms with van der Waals surface area (Å²) in [4.78, 5) is 33.2. The van der Waals surface area contributed by atoms with E-state index in [1.807, 2.05) is 0 Å². The molecule has 5 N–H and O–H groups in total. The fourth-order valence-electron chi connectivity index (χ4n) is 3.18. The molecule has 28 heavy (non-hydrogen) atoms. The molecule has 3 rings (SSSR count). The van der Waals surface area contributed by atoms with Gasteiger partial charge in [0.05, 0.1) is 32.5 Å². The minimum absolute atomic E-state index is 0.0124. The Morgan fingerprint density at radius 2 is 2.00 bits per heavy atom. The molecule has 0 atom stereocenters. The summed E-state index contributed by atoms with van der Waals surface area (Å²) in [5.41, 5.74) is 5.82. The number of benzene rings is 1. The molecule has 0 bridgehead atoms. The average molecular weight is 405 g/mol. The highest BCUT2D eigenvalue weighted by Crippen LogP contribution is 2.17. The van der Waals surface area contributed by atoms with Crippen LogP contribution in [-0.4, -0.2) is 48.4 Å². The first-order chi connectivity index (χ1) is 13.6. The van der Waals surface area contributed by atoms with E-state index in [2.05, 4.69) is 15.3 Å². The number of thioether (sulfide) groups is 1. The van der Waals surface area contributed by atoms with Gasteiger partial charge in [0.1, 0.15) is 11.4 Å². The van der Waals surface area contributed by atoms with Crippen LogP contribution in [0.25, 0.3) is 0 Å². The smallest absolute Gasteiger partial charge is 0.277 e. The van der Waals surface area contributed by atoms with Crippen molar-refractivity contribution in [3.8, 4) is 5.75 Å². The van der Waals surface area contributed by atoms with Crippen molar-refractivity contribution in [3.05, 3.63) is 40.2 Å². The maximum absolute atomic E-state index is 12.4. The quantitative estimate of drug-likeness (QED) is 0.400. The molecular weight excluding hydrogens is 378 g/mol. The average Bonchev–Trinajstić information content (AvgIpc) is 2.71. The maximum Gasteiger partial charge on any atom is 0.277 e. The largest absolute Gasteiger partial charge is 0.497 e. The molecule has 1 amide bonds. The SMILES string of the molecule is COc1ccc(C(=O)Nc2c(N)nc(SCC[NH+]3CCCCC3)[nH]c2=O)cc1. The highest BCUT2D eigenvalue weighted by Gasteiger charge is 2.16. The van der Waals surface area contributed by atoms with Crippen molar-refractivity contribution in [2.45, 2.75) is 24.4 Å². The molecule has 150 valence electrons. The number of aromatic amines is 1.